The second kappa shape index (κ2) is 13.4. The highest BCUT2D eigenvalue weighted by Crippen LogP contribution is 2.46. The van der Waals surface area contributed by atoms with Gasteiger partial charge in [0.2, 0.25) is 17.7 Å². The Kier molecular flexibility index (Phi) is 9.61. The SMILES string of the molecule is Cc1cc(C#N)cc(C)c1Oc1nc(Nc2ccccc2C#N)nc2c1CCN(C(=O)C1(C(C)(C)C)CCCN1C(=O)OC(C)(C)C)CC2. The smallest absolute Gasteiger partial charge is 0.411 e. The minimum absolute atomic E-state index is 0.105. The first kappa shape index (κ1) is 35.2. The van der Waals surface area contributed by atoms with Gasteiger partial charge in [-0.15, -0.1) is 0 Å². The molecule has 2 amide bonds. The number of fused-ring (bicyclic) bond motifs is 1. The molecule has 49 heavy (non-hydrogen) atoms. The zero-order valence-electron chi connectivity index (χ0n) is 29.7. The molecule has 1 aromatic heterocycles. The maximum Gasteiger partial charge on any atom is 0.411 e. The maximum atomic E-state index is 14.8. The normalized spacial score (nSPS) is 17.8. The number of hydrogen-bond donors (Lipinski definition) is 1. The number of carbonyl (C=O) groups excluding carboxylic acids is 2. The summed E-state index contributed by atoms with van der Waals surface area (Å²) < 4.78 is 12.4. The summed E-state index contributed by atoms with van der Waals surface area (Å²) in [5.41, 5.74) is 2.26. The van der Waals surface area contributed by atoms with Crippen molar-refractivity contribution in [2.24, 2.45) is 5.41 Å². The number of carbonyl (C=O) groups is 2. The van der Waals surface area contributed by atoms with Crippen molar-refractivity contribution in [1.82, 2.24) is 19.8 Å². The zero-order chi connectivity index (χ0) is 35.7. The average Bonchev–Trinajstić information content (AvgIpc) is 3.39. The van der Waals surface area contributed by atoms with Gasteiger partial charge in [-0.05, 0) is 94.7 Å². The molecule has 0 saturated carbocycles. The molecule has 11 nitrogen and oxygen atoms in total. The lowest BCUT2D eigenvalue weighted by molar-refractivity contribution is -0.150. The Morgan fingerprint density at radius 3 is 2.24 bits per heavy atom. The Hall–Kier alpha value is -5.16. The van der Waals surface area contributed by atoms with E-state index >= 15 is 0 Å². The van der Waals surface area contributed by atoms with Crippen molar-refractivity contribution in [3.8, 4) is 23.8 Å². The third-order valence-electron chi connectivity index (χ3n) is 9.26. The van der Waals surface area contributed by atoms with Crippen molar-refractivity contribution in [3.05, 3.63) is 69.9 Å². The number of likely N-dealkylation sites (tertiary alicyclic amines) is 1. The minimum atomic E-state index is -1.08. The first-order valence-electron chi connectivity index (χ1n) is 16.7. The van der Waals surface area contributed by atoms with Gasteiger partial charge in [-0.2, -0.15) is 15.5 Å². The summed E-state index contributed by atoms with van der Waals surface area (Å²) >= 11 is 0. The van der Waals surface area contributed by atoms with E-state index in [9.17, 15) is 20.1 Å². The van der Waals surface area contributed by atoms with Gasteiger partial charge in [-0.1, -0.05) is 32.9 Å². The first-order chi connectivity index (χ1) is 23.1. The van der Waals surface area contributed by atoms with Crippen molar-refractivity contribution in [1.29, 1.82) is 10.5 Å². The molecule has 1 saturated heterocycles. The molecule has 5 rings (SSSR count). The summed E-state index contributed by atoms with van der Waals surface area (Å²) in [4.78, 5) is 41.5. The van der Waals surface area contributed by atoms with Crippen molar-refractivity contribution >= 4 is 23.6 Å². The topological polar surface area (TPSA) is 144 Å². The molecule has 2 aliphatic heterocycles. The molecular weight excluding hydrogens is 618 g/mol. The van der Waals surface area contributed by atoms with Crippen LogP contribution in [0, 0.1) is 41.9 Å². The lowest BCUT2D eigenvalue weighted by Gasteiger charge is -2.48. The molecule has 256 valence electrons. The number of amides is 2. The van der Waals surface area contributed by atoms with Crippen LogP contribution in [-0.2, 0) is 22.4 Å². The van der Waals surface area contributed by atoms with Gasteiger partial charge in [0, 0.05) is 31.6 Å². The molecule has 0 bridgehead atoms. The summed E-state index contributed by atoms with van der Waals surface area (Å²) in [6.45, 7) is 16.5. The van der Waals surface area contributed by atoms with Gasteiger partial charge < -0.3 is 19.7 Å². The predicted molar refractivity (Wildman–Crippen MR) is 186 cm³/mol. The molecule has 0 aliphatic carbocycles. The number of anilines is 2. The molecule has 2 aliphatic rings. The van der Waals surface area contributed by atoms with E-state index in [0.29, 0.717) is 73.8 Å². The van der Waals surface area contributed by atoms with Crippen molar-refractivity contribution in [2.45, 2.75) is 92.2 Å². The highest BCUT2D eigenvalue weighted by Gasteiger charge is 2.59. The Morgan fingerprint density at radius 1 is 0.939 bits per heavy atom. The zero-order valence-corrected chi connectivity index (χ0v) is 29.7. The number of nitrogens with one attached hydrogen (secondary N) is 1. The lowest BCUT2D eigenvalue weighted by Crippen LogP contribution is -2.65. The van der Waals surface area contributed by atoms with Gasteiger partial charge in [-0.3, -0.25) is 9.69 Å². The van der Waals surface area contributed by atoms with Crippen LogP contribution in [-0.4, -0.2) is 62.5 Å². The first-order valence-corrected chi connectivity index (χ1v) is 16.7. The molecule has 3 aromatic rings. The summed E-state index contributed by atoms with van der Waals surface area (Å²) in [7, 11) is 0. The fourth-order valence-corrected chi connectivity index (χ4v) is 6.96. The highest BCUT2D eigenvalue weighted by molar-refractivity contribution is 5.92. The van der Waals surface area contributed by atoms with Gasteiger partial charge in [0.15, 0.2) is 0 Å². The summed E-state index contributed by atoms with van der Waals surface area (Å²) in [6.07, 6.45) is 1.60. The maximum absolute atomic E-state index is 14.8. The molecule has 2 aromatic carbocycles. The van der Waals surface area contributed by atoms with Gasteiger partial charge in [-0.25, -0.2) is 9.78 Å². The predicted octanol–water partition coefficient (Wildman–Crippen LogP) is 7.12. The number of hydrogen-bond acceptors (Lipinski definition) is 9. The fourth-order valence-electron chi connectivity index (χ4n) is 6.96. The molecular formula is C38H45N7O4. The number of nitriles is 2. The summed E-state index contributed by atoms with van der Waals surface area (Å²) in [5.74, 6) is 1.09. The Morgan fingerprint density at radius 2 is 1.61 bits per heavy atom. The number of benzene rings is 2. The number of rotatable bonds is 5. The number of aryl methyl sites for hydroxylation is 2. The van der Waals surface area contributed by atoms with Gasteiger partial charge >= 0.3 is 6.09 Å². The average molecular weight is 664 g/mol. The van der Waals surface area contributed by atoms with Gasteiger partial charge in [0.05, 0.1) is 28.6 Å². The monoisotopic (exact) mass is 663 g/mol. The third-order valence-corrected chi connectivity index (χ3v) is 9.26. The summed E-state index contributed by atoms with van der Waals surface area (Å²) in [5, 5.41) is 22.4. The Bertz CT molecular complexity index is 1840. The number of ether oxygens (including phenoxy) is 2. The van der Waals surface area contributed by atoms with E-state index in [1.165, 1.54) is 0 Å². The van der Waals surface area contributed by atoms with Crippen LogP contribution in [0.1, 0.15) is 87.9 Å². The molecule has 0 spiro atoms. The van der Waals surface area contributed by atoms with E-state index in [0.717, 1.165) is 22.4 Å². The van der Waals surface area contributed by atoms with E-state index in [-0.39, 0.29) is 11.9 Å². The molecule has 1 unspecified atom stereocenters. The molecule has 1 atom stereocenters. The van der Waals surface area contributed by atoms with Crippen molar-refractivity contribution < 1.29 is 19.1 Å². The fraction of sp³-hybridized carbons (Fsp3) is 0.474. The largest absolute Gasteiger partial charge is 0.444 e. The number of nitrogens with zero attached hydrogens (tertiary/aromatic N) is 6. The van der Waals surface area contributed by atoms with Gasteiger partial charge in [0.25, 0.3) is 0 Å². The highest BCUT2D eigenvalue weighted by atomic mass is 16.6. The van der Waals surface area contributed by atoms with E-state index < -0.39 is 22.6 Å². The third kappa shape index (κ3) is 7.03. The van der Waals surface area contributed by atoms with Crippen LogP contribution in [0.3, 0.4) is 0 Å². The van der Waals surface area contributed by atoms with Crippen molar-refractivity contribution in [3.63, 3.8) is 0 Å². The van der Waals surface area contributed by atoms with Crippen LogP contribution >= 0.6 is 0 Å². The molecule has 0 radical (unpaired) electrons. The van der Waals surface area contributed by atoms with Crippen LogP contribution in [0.25, 0.3) is 0 Å². The standard InChI is InChI=1S/C38H45N7O4/c1-24-20-26(22-39)21-25(2)31(24)48-32-28-14-18-44(19-15-30(28)42-34(43-32)41-29-13-10-9-12-27(29)23-40)33(46)38(36(3,4)5)16-11-17-45(38)35(47)49-37(6,7)8/h9-10,12-13,20-21H,11,14-19H2,1-8H3,(H,41,42,43). The second-order valence-corrected chi connectivity index (χ2v) is 14.9. The Labute approximate surface area is 288 Å². The van der Waals surface area contributed by atoms with Crippen LogP contribution in [0.5, 0.6) is 11.6 Å². The quantitative estimate of drug-likeness (QED) is 0.302. The molecule has 11 heteroatoms. The Balaban J connectivity index is 1.53. The van der Waals surface area contributed by atoms with Crippen LogP contribution in [0.15, 0.2) is 36.4 Å². The van der Waals surface area contributed by atoms with Gasteiger partial charge in [0.1, 0.15) is 23.0 Å². The molecule has 1 N–H and O–H groups in total. The lowest BCUT2D eigenvalue weighted by atomic mass is 9.70. The van der Waals surface area contributed by atoms with Crippen LogP contribution in [0.2, 0.25) is 0 Å². The second-order valence-electron chi connectivity index (χ2n) is 14.9. The van der Waals surface area contributed by atoms with E-state index in [4.69, 9.17) is 19.4 Å². The number of aromatic nitrogens is 2. The molecule has 3 heterocycles. The minimum Gasteiger partial charge on any atom is -0.444 e. The molecule has 1 fully saturated rings. The van der Waals surface area contributed by atoms with Crippen molar-refractivity contribution in [2.75, 3.05) is 25.0 Å². The summed E-state index contributed by atoms with van der Waals surface area (Å²) in [6, 6.07) is 15.0. The van der Waals surface area contributed by atoms with E-state index in [2.05, 4.69) is 17.5 Å². The van der Waals surface area contributed by atoms with Crippen LogP contribution < -0.4 is 10.1 Å². The van der Waals surface area contributed by atoms with Crippen LogP contribution in [0.4, 0.5) is 16.4 Å². The number of para-hydroxylation sites is 1. The van der Waals surface area contributed by atoms with E-state index in [1.807, 2.05) is 66.4 Å². The van der Waals surface area contributed by atoms with E-state index in [1.54, 1.807) is 35.2 Å².